The van der Waals surface area contributed by atoms with Crippen molar-refractivity contribution in [2.24, 2.45) is 0 Å². The third-order valence-corrected chi connectivity index (χ3v) is 4.03. The molecule has 3 rings (SSSR count). The summed E-state index contributed by atoms with van der Waals surface area (Å²) in [6.07, 6.45) is 1.82. The van der Waals surface area contributed by atoms with Gasteiger partial charge in [0.15, 0.2) is 11.5 Å². The van der Waals surface area contributed by atoms with Crippen LogP contribution < -0.4 is 19.5 Å². The number of hydrogen-bond donors (Lipinski definition) is 1. The zero-order valence-corrected chi connectivity index (χ0v) is 16.4. The second-order valence-corrected chi connectivity index (χ2v) is 6.17. The van der Waals surface area contributed by atoms with Gasteiger partial charge < -0.3 is 19.5 Å². The van der Waals surface area contributed by atoms with E-state index >= 15 is 0 Å². The molecular formula is C23H26N2O3. The molecule has 0 aliphatic heterocycles. The maximum atomic E-state index is 5.86. The average molecular weight is 378 g/mol. The summed E-state index contributed by atoms with van der Waals surface area (Å²) in [7, 11) is 0. The van der Waals surface area contributed by atoms with Crippen LogP contribution in [0.3, 0.4) is 0 Å². The van der Waals surface area contributed by atoms with Gasteiger partial charge in [0.25, 0.3) is 0 Å². The summed E-state index contributed by atoms with van der Waals surface area (Å²) in [4.78, 5) is 4.40. The molecule has 0 amide bonds. The second kappa shape index (κ2) is 10.3. The summed E-state index contributed by atoms with van der Waals surface area (Å²) >= 11 is 0. The van der Waals surface area contributed by atoms with E-state index in [1.54, 1.807) is 0 Å². The maximum absolute atomic E-state index is 5.86. The molecule has 0 unspecified atom stereocenters. The molecule has 3 aromatic rings. The van der Waals surface area contributed by atoms with Crippen LogP contribution in [0.2, 0.25) is 0 Å². The third-order valence-electron chi connectivity index (χ3n) is 4.03. The summed E-state index contributed by atoms with van der Waals surface area (Å²) in [5.74, 6) is 2.82. The quantitative estimate of drug-likeness (QED) is 0.540. The Morgan fingerprint density at radius 2 is 1.57 bits per heavy atom. The Labute approximate surface area is 166 Å². The molecule has 0 bridgehead atoms. The predicted octanol–water partition coefficient (Wildman–Crippen LogP) is 4.96. The first kappa shape index (κ1) is 19.7. The smallest absolute Gasteiger partial charge is 0.219 e. The van der Waals surface area contributed by atoms with Crippen molar-refractivity contribution < 1.29 is 14.2 Å². The molecule has 0 saturated carbocycles. The minimum absolute atomic E-state index is 0.542. The van der Waals surface area contributed by atoms with Gasteiger partial charge in [-0.25, -0.2) is 4.98 Å². The van der Waals surface area contributed by atoms with E-state index in [0.29, 0.717) is 30.6 Å². The highest BCUT2D eigenvalue weighted by Crippen LogP contribution is 2.30. The number of ether oxygens (including phenoxy) is 3. The van der Waals surface area contributed by atoms with Crippen molar-refractivity contribution in [1.82, 2.24) is 10.3 Å². The van der Waals surface area contributed by atoms with Gasteiger partial charge >= 0.3 is 0 Å². The van der Waals surface area contributed by atoms with Gasteiger partial charge in [-0.05, 0) is 49.2 Å². The molecule has 0 fully saturated rings. The van der Waals surface area contributed by atoms with Crippen LogP contribution in [0.4, 0.5) is 0 Å². The van der Waals surface area contributed by atoms with Crippen molar-refractivity contribution in [1.29, 1.82) is 0 Å². The van der Waals surface area contributed by atoms with E-state index < -0.39 is 0 Å². The number of benzene rings is 2. The number of para-hydroxylation sites is 2. The highest BCUT2D eigenvalue weighted by molar-refractivity contribution is 5.41. The van der Waals surface area contributed by atoms with Crippen LogP contribution in [0.1, 0.15) is 25.0 Å². The first-order valence-corrected chi connectivity index (χ1v) is 9.55. The van der Waals surface area contributed by atoms with Crippen molar-refractivity contribution in [2.75, 3.05) is 13.2 Å². The second-order valence-electron chi connectivity index (χ2n) is 6.17. The van der Waals surface area contributed by atoms with E-state index in [0.717, 1.165) is 24.4 Å². The van der Waals surface area contributed by atoms with Crippen molar-refractivity contribution in [3.8, 4) is 23.1 Å². The molecule has 5 nitrogen and oxygen atoms in total. The van der Waals surface area contributed by atoms with E-state index in [1.807, 2.05) is 68.6 Å². The van der Waals surface area contributed by atoms with Crippen LogP contribution in [-0.2, 0) is 13.1 Å². The van der Waals surface area contributed by atoms with Gasteiger partial charge in [-0.15, -0.1) is 0 Å². The summed E-state index contributed by atoms with van der Waals surface area (Å²) in [5.41, 5.74) is 2.28. The highest BCUT2D eigenvalue weighted by atomic mass is 16.5. The van der Waals surface area contributed by atoms with Crippen LogP contribution in [0.15, 0.2) is 66.9 Å². The first-order valence-electron chi connectivity index (χ1n) is 9.55. The lowest BCUT2D eigenvalue weighted by Gasteiger charge is -2.11. The SMILES string of the molecule is CCOc1cccc(CNCc2ccc(Oc3ccccc3OCC)nc2)c1. The molecule has 1 aromatic heterocycles. The largest absolute Gasteiger partial charge is 0.494 e. The van der Waals surface area contributed by atoms with Crippen molar-refractivity contribution in [2.45, 2.75) is 26.9 Å². The molecule has 0 radical (unpaired) electrons. The third kappa shape index (κ3) is 5.72. The summed E-state index contributed by atoms with van der Waals surface area (Å²) < 4.78 is 17.0. The summed E-state index contributed by atoms with van der Waals surface area (Å²) in [5, 5.41) is 3.43. The molecule has 0 spiro atoms. The molecule has 0 aliphatic rings. The van der Waals surface area contributed by atoms with Crippen LogP contribution in [0.25, 0.3) is 0 Å². The van der Waals surface area contributed by atoms with E-state index in [1.165, 1.54) is 5.56 Å². The Hall–Kier alpha value is -3.05. The van der Waals surface area contributed by atoms with Crippen molar-refractivity contribution in [3.63, 3.8) is 0 Å². The Bertz CT molecular complexity index is 866. The molecule has 0 atom stereocenters. The minimum atomic E-state index is 0.542. The van der Waals surface area contributed by atoms with Gasteiger partial charge in [0.05, 0.1) is 13.2 Å². The van der Waals surface area contributed by atoms with Gasteiger partial charge in [-0.2, -0.15) is 0 Å². The molecule has 146 valence electrons. The van der Waals surface area contributed by atoms with Crippen LogP contribution >= 0.6 is 0 Å². The van der Waals surface area contributed by atoms with Gasteiger partial charge in [-0.1, -0.05) is 30.3 Å². The van der Waals surface area contributed by atoms with Crippen LogP contribution in [-0.4, -0.2) is 18.2 Å². The molecule has 1 N–H and O–H groups in total. The number of rotatable bonds is 10. The van der Waals surface area contributed by atoms with Crippen molar-refractivity contribution >= 4 is 0 Å². The number of hydrogen-bond acceptors (Lipinski definition) is 5. The Morgan fingerprint density at radius 1 is 0.786 bits per heavy atom. The lowest BCUT2D eigenvalue weighted by atomic mass is 10.2. The molecular weight excluding hydrogens is 352 g/mol. The van der Waals surface area contributed by atoms with E-state index in [-0.39, 0.29) is 0 Å². The zero-order valence-electron chi connectivity index (χ0n) is 16.4. The fourth-order valence-electron chi connectivity index (χ4n) is 2.76. The van der Waals surface area contributed by atoms with Gasteiger partial charge in [0.1, 0.15) is 5.75 Å². The zero-order chi connectivity index (χ0) is 19.6. The maximum Gasteiger partial charge on any atom is 0.219 e. The Balaban J connectivity index is 1.53. The molecule has 1 heterocycles. The van der Waals surface area contributed by atoms with Gasteiger partial charge in [0.2, 0.25) is 5.88 Å². The van der Waals surface area contributed by atoms with E-state index in [9.17, 15) is 0 Å². The monoisotopic (exact) mass is 378 g/mol. The molecule has 2 aromatic carbocycles. The van der Waals surface area contributed by atoms with E-state index in [4.69, 9.17) is 14.2 Å². The molecule has 0 aliphatic carbocycles. The Kier molecular flexibility index (Phi) is 7.27. The minimum Gasteiger partial charge on any atom is -0.494 e. The number of nitrogens with zero attached hydrogens (tertiary/aromatic N) is 1. The van der Waals surface area contributed by atoms with Gasteiger partial charge in [-0.3, -0.25) is 0 Å². The fourth-order valence-corrected chi connectivity index (χ4v) is 2.76. The number of aromatic nitrogens is 1. The summed E-state index contributed by atoms with van der Waals surface area (Å²) in [6.45, 7) is 6.69. The van der Waals surface area contributed by atoms with E-state index in [2.05, 4.69) is 22.4 Å². The first-order chi connectivity index (χ1) is 13.8. The lowest BCUT2D eigenvalue weighted by molar-refractivity contribution is 0.319. The molecule has 28 heavy (non-hydrogen) atoms. The average Bonchev–Trinajstić information content (AvgIpc) is 2.72. The highest BCUT2D eigenvalue weighted by Gasteiger charge is 2.06. The Morgan fingerprint density at radius 3 is 2.32 bits per heavy atom. The number of pyridine rings is 1. The molecule has 5 heteroatoms. The normalized spacial score (nSPS) is 10.5. The summed E-state index contributed by atoms with van der Waals surface area (Å²) in [6, 6.07) is 19.6. The van der Waals surface area contributed by atoms with Crippen LogP contribution in [0, 0.1) is 0 Å². The standard InChI is InChI=1S/C23H26N2O3/c1-3-26-20-9-7-8-18(14-20)15-24-16-19-12-13-23(25-17-19)28-22-11-6-5-10-21(22)27-4-2/h5-14,17,24H,3-4,15-16H2,1-2H3. The van der Waals surface area contributed by atoms with Crippen molar-refractivity contribution in [3.05, 3.63) is 78.0 Å². The predicted molar refractivity (Wildman–Crippen MR) is 110 cm³/mol. The molecule has 0 saturated heterocycles. The van der Waals surface area contributed by atoms with Gasteiger partial charge in [0, 0.05) is 25.4 Å². The lowest BCUT2D eigenvalue weighted by Crippen LogP contribution is -2.12. The topological polar surface area (TPSA) is 52.6 Å². The number of nitrogens with one attached hydrogen (secondary N) is 1. The fraction of sp³-hybridized carbons (Fsp3) is 0.261. The van der Waals surface area contributed by atoms with Crippen LogP contribution in [0.5, 0.6) is 23.1 Å².